The molecule has 0 unspecified atom stereocenters. The summed E-state index contributed by atoms with van der Waals surface area (Å²) in [6, 6.07) is 0. The molecule has 0 aromatic heterocycles. The minimum atomic E-state index is -2.17. The summed E-state index contributed by atoms with van der Waals surface area (Å²) in [4.78, 5) is 18.2. The Balaban J connectivity index is -0.0000000668. The van der Waals surface area contributed by atoms with E-state index in [-0.39, 0.29) is 18.9 Å². The molecule has 0 heterocycles. The van der Waals surface area contributed by atoms with Crippen molar-refractivity contribution in [2.75, 3.05) is 13.4 Å². The average Bonchev–Trinajstić information content (AvgIpc) is 2.05. The van der Waals surface area contributed by atoms with Crippen molar-refractivity contribution >= 4 is 19.3 Å². The number of ether oxygens (including phenoxy) is 1. The van der Waals surface area contributed by atoms with Crippen LogP contribution in [-0.4, -0.2) is 57.9 Å². The predicted octanol–water partition coefficient (Wildman–Crippen LogP) is -6.55. The molecule has 0 aliphatic heterocycles. The van der Waals surface area contributed by atoms with Gasteiger partial charge in [-0.15, -0.1) is 0 Å². The average molecular weight is 234 g/mol. The fourth-order valence-electron chi connectivity index (χ4n) is 0.0833. The Morgan fingerprint density at radius 1 is 1.19 bits per heavy atom. The van der Waals surface area contributed by atoms with E-state index in [0.29, 0.717) is 6.61 Å². The molecule has 0 aliphatic carbocycles. The fraction of sp³-hybridized carbons (Fsp3) is 0.600. The van der Waals surface area contributed by atoms with Crippen LogP contribution in [0, 0.1) is 0 Å². The van der Waals surface area contributed by atoms with E-state index in [1.807, 2.05) is 0 Å². The Morgan fingerprint density at radius 2 is 1.44 bits per heavy atom. The minimum Gasteiger partial charge on any atom is -0.834 e. The van der Waals surface area contributed by atoms with Gasteiger partial charge < -0.3 is 35.1 Å². The van der Waals surface area contributed by atoms with Crippen LogP contribution in [0.5, 0.6) is 0 Å². The second-order valence-electron chi connectivity index (χ2n) is 1.57. The number of hydrogen-bond donors (Lipinski definition) is 5. The molecule has 0 fully saturated rings. The SMILES string of the molecule is CCOC[O-].O=C(O)C(=O)O.OB(O)O.[Li+]. The normalized spacial score (nSPS) is 7.06. The van der Waals surface area contributed by atoms with Crippen LogP contribution >= 0.6 is 0 Å². The zero-order valence-corrected chi connectivity index (χ0v) is 8.86. The minimum absolute atomic E-state index is 0. The maximum Gasteiger partial charge on any atom is 1.00 e. The third-order valence-electron chi connectivity index (χ3n) is 0.470. The first kappa shape index (κ1) is 24.6. The summed E-state index contributed by atoms with van der Waals surface area (Å²) in [6.45, 7) is 1.91. The van der Waals surface area contributed by atoms with Crippen molar-refractivity contribution in [1.29, 1.82) is 0 Å². The molecular formula is C5H12BLiO9. The molecule has 0 radical (unpaired) electrons. The number of rotatable bonds is 2. The Kier molecular flexibility index (Phi) is 30.6. The maximum absolute atomic E-state index is 9.31. The summed E-state index contributed by atoms with van der Waals surface area (Å²) in [5, 5.41) is 45.6. The maximum atomic E-state index is 9.31. The van der Waals surface area contributed by atoms with Crippen molar-refractivity contribution in [3.05, 3.63) is 0 Å². The van der Waals surface area contributed by atoms with Gasteiger partial charge in [0.25, 0.3) is 0 Å². The van der Waals surface area contributed by atoms with Gasteiger partial charge in [0.2, 0.25) is 0 Å². The quantitative estimate of drug-likeness (QED) is 0.177. The smallest absolute Gasteiger partial charge is 0.834 e. The van der Waals surface area contributed by atoms with Crippen LogP contribution in [0.25, 0.3) is 0 Å². The summed E-state index contributed by atoms with van der Waals surface area (Å²) in [7, 11) is -2.17. The number of hydrogen-bond acceptors (Lipinski definition) is 7. The molecule has 5 N–H and O–H groups in total. The summed E-state index contributed by atoms with van der Waals surface area (Å²) in [5.74, 6) is -3.65. The number of carbonyl (C=O) groups is 2. The first-order chi connectivity index (χ1) is 6.79. The van der Waals surface area contributed by atoms with Crippen LogP contribution < -0.4 is 24.0 Å². The van der Waals surface area contributed by atoms with Crippen LogP contribution in [0.2, 0.25) is 0 Å². The molecule has 0 aliphatic rings. The molecule has 11 heteroatoms. The topological polar surface area (TPSA) is 168 Å². The van der Waals surface area contributed by atoms with E-state index in [1.54, 1.807) is 6.92 Å². The van der Waals surface area contributed by atoms with Crippen LogP contribution in [-0.2, 0) is 14.3 Å². The largest absolute Gasteiger partial charge is 1.00 e. The van der Waals surface area contributed by atoms with Crippen molar-refractivity contribution in [1.82, 2.24) is 0 Å². The van der Waals surface area contributed by atoms with Gasteiger partial charge in [0.15, 0.2) is 0 Å². The standard InChI is InChI=1S/C3H7O2.C2H2O4.BH3O3.Li/c1-2-5-3-4;3-1(4)2(5)6;2-1(3)4;/h2-3H2,1H3;(H,3,4)(H,5,6);2-4H;/q-1;;;+1. The number of carboxylic acids is 2. The van der Waals surface area contributed by atoms with E-state index in [4.69, 9.17) is 34.9 Å². The number of aliphatic carboxylic acids is 2. The van der Waals surface area contributed by atoms with Crippen LogP contribution in [0.4, 0.5) is 0 Å². The third-order valence-corrected chi connectivity index (χ3v) is 0.470. The summed E-state index contributed by atoms with van der Waals surface area (Å²) >= 11 is 0. The van der Waals surface area contributed by atoms with Crippen LogP contribution in [0.15, 0.2) is 0 Å². The second-order valence-corrected chi connectivity index (χ2v) is 1.57. The van der Waals surface area contributed by atoms with Crippen LogP contribution in [0.1, 0.15) is 6.92 Å². The Morgan fingerprint density at radius 3 is 1.44 bits per heavy atom. The molecule has 0 saturated carbocycles. The molecule has 16 heavy (non-hydrogen) atoms. The van der Waals surface area contributed by atoms with Crippen molar-refractivity contribution in [2.24, 2.45) is 0 Å². The van der Waals surface area contributed by atoms with Gasteiger partial charge in [-0.1, -0.05) is 0 Å². The van der Waals surface area contributed by atoms with Crippen molar-refractivity contribution in [3.8, 4) is 0 Å². The van der Waals surface area contributed by atoms with Crippen molar-refractivity contribution in [2.45, 2.75) is 6.92 Å². The molecule has 0 aromatic rings. The Bertz CT molecular complexity index is 147. The zero-order valence-electron chi connectivity index (χ0n) is 8.86. The van der Waals surface area contributed by atoms with Crippen molar-refractivity contribution in [3.63, 3.8) is 0 Å². The van der Waals surface area contributed by atoms with Gasteiger partial charge in [0, 0.05) is 6.61 Å². The van der Waals surface area contributed by atoms with E-state index in [9.17, 15) is 5.11 Å². The van der Waals surface area contributed by atoms with Gasteiger partial charge in [-0.05, 0) is 13.7 Å². The number of carboxylic acid groups (broad SMARTS) is 2. The van der Waals surface area contributed by atoms with Crippen molar-refractivity contribution < 1.29 is 63.6 Å². The first-order valence-electron chi connectivity index (χ1n) is 3.45. The summed E-state index contributed by atoms with van der Waals surface area (Å²) in [5.41, 5.74) is 0. The Labute approximate surface area is 104 Å². The van der Waals surface area contributed by atoms with E-state index < -0.39 is 26.1 Å². The van der Waals surface area contributed by atoms with E-state index in [2.05, 4.69) is 4.74 Å². The fourth-order valence-corrected chi connectivity index (χ4v) is 0.0833. The Hall–Kier alpha value is -0.598. The first-order valence-corrected chi connectivity index (χ1v) is 3.45. The molecular weight excluding hydrogens is 222 g/mol. The summed E-state index contributed by atoms with van der Waals surface area (Å²) in [6.07, 6.45) is 0. The second kappa shape index (κ2) is 19.9. The molecule has 0 rings (SSSR count). The molecule has 0 spiro atoms. The molecule has 0 amide bonds. The van der Waals surface area contributed by atoms with E-state index in [1.165, 1.54) is 0 Å². The third kappa shape index (κ3) is 70.6. The molecule has 0 aromatic carbocycles. The monoisotopic (exact) mass is 234 g/mol. The van der Waals surface area contributed by atoms with Gasteiger partial charge in [-0.25, -0.2) is 9.59 Å². The predicted molar refractivity (Wildman–Crippen MR) is 44.2 cm³/mol. The molecule has 0 bridgehead atoms. The van der Waals surface area contributed by atoms with E-state index in [0.717, 1.165) is 0 Å². The molecule has 0 saturated heterocycles. The van der Waals surface area contributed by atoms with E-state index >= 15 is 0 Å². The molecule has 9 nitrogen and oxygen atoms in total. The van der Waals surface area contributed by atoms with Gasteiger partial charge in [-0.2, -0.15) is 0 Å². The summed E-state index contributed by atoms with van der Waals surface area (Å²) < 4.78 is 4.28. The zero-order chi connectivity index (χ0) is 12.9. The molecule has 90 valence electrons. The van der Waals surface area contributed by atoms with Gasteiger partial charge >= 0.3 is 38.1 Å². The van der Waals surface area contributed by atoms with Gasteiger partial charge in [-0.3, -0.25) is 0 Å². The van der Waals surface area contributed by atoms with Gasteiger partial charge in [0.1, 0.15) is 0 Å². The van der Waals surface area contributed by atoms with Crippen LogP contribution in [0.3, 0.4) is 0 Å². The van der Waals surface area contributed by atoms with Gasteiger partial charge in [0.05, 0.1) is 0 Å². The molecule has 0 atom stereocenters.